The molecule has 8 nitrogen and oxygen atoms in total. The van der Waals surface area contributed by atoms with Gasteiger partial charge in [0.1, 0.15) is 5.54 Å². The highest BCUT2D eigenvalue weighted by Gasteiger charge is 2.42. The van der Waals surface area contributed by atoms with Crippen LogP contribution in [0.4, 0.5) is 0 Å². The first-order chi connectivity index (χ1) is 13.7. The van der Waals surface area contributed by atoms with Gasteiger partial charge in [-0.3, -0.25) is 9.48 Å². The Balaban J connectivity index is 0.00000240. The van der Waals surface area contributed by atoms with Crippen LogP contribution >= 0.6 is 12.4 Å². The molecular weight excluding hydrogens is 392 g/mol. The molecule has 1 atom stereocenters. The minimum absolute atomic E-state index is 0. The van der Waals surface area contributed by atoms with Gasteiger partial charge in [-0.1, -0.05) is 35.5 Å². The lowest BCUT2D eigenvalue weighted by Gasteiger charge is -2.37. The van der Waals surface area contributed by atoms with Crippen LogP contribution in [0, 0.1) is 0 Å². The third kappa shape index (κ3) is 4.49. The molecule has 1 saturated heterocycles. The topological polar surface area (TPSA) is 97.9 Å². The number of nitrogens with one attached hydrogen (secondary N) is 2. The average Bonchev–Trinajstić information content (AvgIpc) is 3.42. The molecule has 0 bridgehead atoms. The smallest absolute Gasteiger partial charge is 0.248 e. The van der Waals surface area contributed by atoms with Crippen molar-refractivity contribution in [3.63, 3.8) is 0 Å². The number of rotatable bonds is 6. The lowest BCUT2D eigenvalue weighted by Crippen LogP contribution is -2.55. The second-order valence-electron chi connectivity index (χ2n) is 7.14. The van der Waals surface area contributed by atoms with Crippen LogP contribution < -0.4 is 10.6 Å². The van der Waals surface area contributed by atoms with Crippen LogP contribution in [-0.4, -0.2) is 38.9 Å². The normalized spacial score (nSPS) is 16.6. The number of halogens is 1. The minimum atomic E-state index is -0.695. The number of carbonyl (C=O) groups excluding carboxylic acids is 1. The van der Waals surface area contributed by atoms with E-state index in [-0.39, 0.29) is 24.4 Å². The lowest BCUT2D eigenvalue weighted by atomic mass is 9.87. The number of hydrogen-bond acceptors (Lipinski definition) is 6. The summed E-state index contributed by atoms with van der Waals surface area (Å²) in [5.74, 6) is 0.939. The van der Waals surface area contributed by atoms with E-state index in [1.54, 1.807) is 10.9 Å². The molecule has 0 saturated carbocycles. The number of piperidine rings is 1. The molecule has 3 heterocycles. The Morgan fingerprint density at radius 3 is 2.72 bits per heavy atom. The van der Waals surface area contributed by atoms with Gasteiger partial charge in [0.2, 0.25) is 11.8 Å². The number of aromatic nitrogens is 4. The highest BCUT2D eigenvalue weighted by molar-refractivity contribution is 5.85. The van der Waals surface area contributed by atoms with Crippen LogP contribution in [0.5, 0.6) is 0 Å². The fraction of sp³-hybridized carbons (Fsp3) is 0.400. The quantitative estimate of drug-likeness (QED) is 0.639. The standard InChI is InChI=1S/C20H24N6O2.ClH/c1-15(18-24-17(28-25-18)14-16-6-3-2-4-7-16)23-19(27)20(8-11-21-12-9-20)26-13-5-10-22-26;/h2-7,10,13,15,21H,8-9,11-12,14H2,1H3,(H,23,27);1H. The van der Waals surface area contributed by atoms with E-state index in [1.165, 1.54) is 0 Å². The largest absolute Gasteiger partial charge is 0.344 e. The van der Waals surface area contributed by atoms with Gasteiger partial charge < -0.3 is 15.2 Å². The Kier molecular flexibility index (Phi) is 6.66. The maximum atomic E-state index is 13.2. The Hall–Kier alpha value is -2.71. The summed E-state index contributed by atoms with van der Waals surface area (Å²) in [5.41, 5.74) is 0.404. The van der Waals surface area contributed by atoms with Crippen molar-refractivity contribution in [3.8, 4) is 0 Å². The van der Waals surface area contributed by atoms with E-state index in [1.807, 2.05) is 49.5 Å². The van der Waals surface area contributed by atoms with Gasteiger partial charge in [0.05, 0.1) is 12.5 Å². The predicted octanol–water partition coefficient (Wildman–Crippen LogP) is 2.23. The summed E-state index contributed by atoms with van der Waals surface area (Å²) in [7, 11) is 0. The molecule has 1 fully saturated rings. The molecule has 1 aliphatic heterocycles. The molecule has 4 rings (SSSR count). The predicted molar refractivity (Wildman–Crippen MR) is 110 cm³/mol. The summed E-state index contributed by atoms with van der Waals surface area (Å²) in [6.45, 7) is 3.41. The second kappa shape index (κ2) is 9.19. The Morgan fingerprint density at radius 2 is 2.03 bits per heavy atom. The van der Waals surface area contributed by atoms with Crippen LogP contribution in [0.1, 0.15) is 43.1 Å². The summed E-state index contributed by atoms with van der Waals surface area (Å²) in [6, 6.07) is 11.4. The summed E-state index contributed by atoms with van der Waals surface area (Å²) >= 11 is 0. The van der Waals surface area contributed by atoms with Crippen molar-refractivity contribution in [2.24, 2.45) is 0 Å². The molecule has 154 valence electrons. The van der Waals surface area contributed by atoms with Crippen LogP contribution in [-0.2, 0) is 16.8 Å². The molecule has 9 heteroatoms. The summed E-state index contributed by atoms with van der Waals surface area (Å²) in [4.78, 5) is 17.7. The van der Waals surface area contributed by atoms with E-state index >= 15 is 0 Å². The van der Waals surface area contributed by atoms with E-state index in [2.05, 4.69) is 25.9 Å². The van der Waals surface area contributed by atoms with Crippen LogP contribution in [0.25, 0.3) is 0 Å². The van der Waals surface area contributed by atoms with Gasteiger partial charge in [-0.25, -0.2) is 0 Å². The van der Waals surface area contributed by atoms with Gasteiger partial charge in [-0.15, -0.1) is 12.4 Å². The van der Waals surface area contributed by atoms with Crippen molar-refractivity contribution in [1.82, 2.24) is 30.6 Å². The molecule has 0 spiro atoms. The SMILES string of the molecule is CC(NC(=O)C1(n2cccn2)CCNCC1)c1noc(Cc2ccccc2)n1.Cl. The Labute approximate surface area is 175 Å². The molecule has 0 radical (unpaired) electrons. The van der Waals surface area contributed by atoms with Gasteiger partial charge in [-0.2, -0.15) is 10.1 Å². The first kappa shape index (κ1) is 21.0. The lowest BCUT2D eigenvalue weighted by molar-refractivity contribution is -0.132. The monoisotopic (exact) mass is 416 g/mol. The van der Waals surface area contributed by atoms with Crippen molar-refractivity contribution in [2.45, 2.75) is 37.8 Å². The van der Waals surface area contributed by atoms with Gasteiger partial charge >= 0.3 is 0 Å². The zero-order chi connectivity index (χ0) is 19.4. The maximum Gasteiger partial charge on any atom is 0.248 e. The molecule has 3 aromatic rings. The van der Waals surface area contributed by atoms with Gasteiger partial charge in [0.15, 0.2) is 5.82 Å². The molecule has 2 aromatic heterocycles. The second-order valence-corrected chi connectivity index (χ2v) is 7.14. The maximum absolute atomic E-state index is 13.2. The van der Waals surface area contributed by atoms with Crippen LogP contribution in [0.15, 0.2) is 53.3 Å². The Bertz CT molecular complexity index is 906. The van der Waals surface area contributed by atoms with Crippen LogP contribution in [0.2, 0.25) is 0 Å². The molecule has 29 heavy (non-hydrogen) atoms. The molecule has 1 aliphatic rings. The average molecular weight is 417 g/mol. The zero-order valence-electron chi connectivity index (χ0n) is 16.2. The molecule has 1 aromatic carbocycles. The fourth-order valence-electron chi connectivity index (χ4n) is 3.60. The van der Waals surface area contributed by atoms with E-state index in [4.69, 9.17) is 4.52 Å². The fourth-order valence-corrected chi connectivity index (χ4v) is 3.60. The van der Waals surface area contributed by atoms with Gasteiger partial charge in [0.25, 0.3) is 0 Å². The zero-order valence-corrected chi connectivity index (χ0v) is 17.1. The summed E-state index contributed by atoms with van der Waals surface area (Å²) < 4.78 is 7.14. The third-order valence-electron chi connectivity index (χ3n) is 5.21. The number of hydrogen-bond donors (Lipinski definition) is 2. The number of amides is 1. The molecule has 2 N–H and O–H groups in total. The highest BCUT2D eigenvalue weighted by atomic mass is 35.5. The van der Waals surface area contributed by atoms with Crippen molar-refractivity contribution < 1.29 is 9.32 Å². The highest BCUT2D eigenvalue weighted by Crippen LogP contribution is 2.28. The van der Waals surface area contributed by atoms with Crippen molar-refractivity contribution >= 4 is 18.3 Å². The van der Waals surface area contributed by atoms with E-state index < -0.39 is 5.54 Å². The molecule has 1 unspecified atom stereocenters. The minimum Gasteiger partial charge on any atom is -0.344 e. The third-order valence-corrected chi connectivity index (χ3v) is 5.21. The van der Waals surface area contributed by atoms with Crippen molar-refractivity contribution in [1.29, 1.82) is 0 Å². The van der Waals surface area contributed by atoms with E-state index in [9.17, 15) is 4.79 Å². The van der Waals surface area contributed by atoms with Crippen molar-refractivity contribution in [2.75, 3.05) is 13.1 Å². The van der Waals surface area contributed by atoms with Crippen LogP contribution in [0.3, 0.4) is 0 Å². The number of benzene rings is 1. The number of nitrogens with zero attached hydrogens (tertiary/aromatic N) is 4. The summed E-state index contributed by atoms with van der Waals surface area (Å²) in [5, 5.41) is 14.8. The Morgan fingerprint density at radius 1 is 1.28 bits per heavy atom. The van der Waals surface area contributed by atoms with Gasteiger partial charge in [-0.05, 0) is 44.5 Å². The van der Waals surface area contributed by atoms with Crippen molar-refractivity contribution in [3.05, 3.63) is 66.1 Å². The first-order valence-electron chi connectivity index (χ1n) is 9.56. The molecule has 1 amide bonds. The molecule has 0 aliphatic carbocycles. The van der Waals surface area contributed by atoms with E-state index in [0.29, 0.717) is 31.0 Å². The van der Waals surface area contributed by atoms with E-state index in [0.717, 1.165) is 18.7 Å². The molecular formula is C20H25ClN6O2. The first-order valence-corrected chi connectivity index (χ1v) is 9.56. The van der Waals surface area contributed by atoms with Gasteiger partial charge in [0, 0.05) is 12.4 Å². The number of carbonyl (C=O) groups is 1. The summed E-state index contributed by atoms with van der Waals surface area (Å²) in [6.07, 6.45) is 5.48.